The summed E-state index contributed by atoms with van der Waals surface area (Å²) in [6.07, 6.45) is 2.84. The molecule has 3 aromatic rings. The second kappa shape index (κ2) is 4.70. The number of benzene rings is 2. The molecule has 0 radical (unpaired) electrons. The summed E-state index contributed by atoms with van der Waals surface area (Å²) in [6, 6.07) is 17.5. The summed E-state index contributed by atoms with van der Waals surface area (Å²) in [5.41, 5.74) is 7.91. The van der Waals surface area contributed by atoms with Crippen LogP contribution in [0.15, 0.2) is 59.2 Å². The minimum atomic E-state index is -0.0237. The first-order chi connectivity index (χ1) is 11.6. The highest BCUT2D eigenvalue weighted by atomic mass is 79.9. The highest BCUT2D eigenvalue weighted by Crippen LogP contribution is 2.55. The molecular formula is C21H17BrN2. The Balaban J connectivity index is 1.92. The first-order valence-electron chi connectivity index (χ1n) is 8.24. The Labute approximate surface area is 150 Å². The Morgan fingerprint density at radius 3 is 2.71 bits per heavy atom. The van der Waals surface area contributed by atoms with E-state index < -0.39 is 0 Å². The van der Waals surface area contributed by atoms with Crippen LogP contribution >= 0.6 is 15.9 Å². The Kier molecular flexibility index (Phi) is 2.79. The van der Waals surface area contributed by atoms with Crippen molar-refractivity contribution in [2.75, 3.05) is 4.90 Å². The SMILES string of the molecule is CC1(C)c2ccc(Br)cc2N2c3ncccc3Cc3cccc1c32. The lowest BCUT2D eigenvalue weighted by Gasteiger charge is -2.44. The van der Waals surface area contributed by atoms with Gasteiger partial charge < -0.3 is 0 Å². The molecule has 3 heterocycles. The fraction of sp³-hybridized carbons (Fsp3) is 0.190. The third-order valence-electron chi connectivity index (χ3n) is 5.35. The van der Waals surface area contributed by atoms with E-state index in [0.717, 1.165) is 16.7 Å². The first-order valence-corrected chi connectivity index (χ1v) is 9.03. The molecule has 24 heavy (non-hydrogen) atoms. The molecular weight excluding hydrogens is 360 g/mol. The molecule has 3 heteroatoms. The molecule has 0 atom stereocenters. The molecule has 0 unspecified atom stereocenters. The van der Waals surface area contributed by atoms with Crippen LogP contribution in [-0.2, 0) is 11.8 Å². The number of hydrogen-bond acceptors (Lipinski definition) is 2. The monoisotopic (exact) mass is 376 g/mol. The fourth-order valence-electron chi connectivity index (χ4n) is 4.18. The van der Waals surface area contributed by atoms with E-state index in [1.807, 2.05) is 12.3 Å². The second-order valence-corrected chi connectivity index (χ2v) is 8.01. The minimum absolute atomic E-state index is 0.0237. The minimum Gasteiger partial charge on any atom is -0.294 e. The summed E-state index contributed by atoms with van der Waals surface area (Å²) in [5.74, 6) is 1.06. The quantitative estimate of drug-likeness (QED) is 0.382. The van der Waals surface area contributed by atoms with Crippen LogP contribution < -0.4 is 4.90 Å². The van der Waals surface area contributed by atoms with Gasteiger partial charge in [0.05, 0.1) is 11.4 Å². The lowest BCUT2D eigenvalue weighted by molar-refractivity contribution is 0.628. The van der Waals surface area contributed by atoms with Crippen LogP contribution in [0.3, 0.4) is 0 Å². The van der Waals surface area contributed by atoms with E-state index in [2.05, 4.69) is 77.1 Å². The van der Waals surface area contributed by atoms with Crippen molar-refractivity contribution in [2.45, 2.75) is 25.7 Å². The number of nitrogens with zero attached hydrogens (tertiary/aromatic N) is 2. The summed E-state index contributed by atoms with van der Waals surface area (Å²) in [7, 11) is 0. The van der Waals surface area contributed by atoms with Crippen LogP contribution in [0.1, 0.15) is 36.1 Å². The van der Waals surface area contributed by atoms with Gasteiger partial charge in [-0.05, 0) is 40.5 Å². The number of anilines is 3. The molecule has 0 fully saturated rings. The first kappa shape index (κ1) is 14.2. The van der Waals surface area contributed by atoms with Crippen LogP contribution in [0.25, 0.3) is 0 Å². The zero-order valence-corrected chi connectivity index (χ0v) is 15.3. The van der Waals surface area contributed by atoms with E-state index in [0.29, 0.717) is 0 Å². The molecule has 0 aliphatic carbocycles. The Morgan fingerprint density at radius 1 is 1.00 bits per heavy atom. The molecule has 0 saturated heterocycles. The fourth-order valence-corrected chi connectivity index (χ4v) is 4.53. The molecule has 0 saturated carbocycles. The zero-order valence-electron chi connectivity index (χ0n) is 13.7. The Bertz CT molecular complexity index is 991. The number of rotatable bonds is 0. The van der Waals surface area contributed by atoms with Crippen LogP contribution in [0, 0.1) is 0 Å². The summed E-state index contributed by atoms with van der Waals surface area (Å²) in [5, 5.41) is 0. The van der Waals surface area contributed by atoms with Gasteiger partial charge >= 0.3 is 0 Å². The standard InChI is InChI=1S/C21H17BrN2/c1-21(2)16-9-8-15(22)12-18(16)24-19-13(5-3-7-17(19)21)11-14-6-4-10-23-20(14)24/h3-10,12H,11H2,1-2H3. The molecule has 0 N–H and O–H groups in total. The predicted octanol–water partition coefficient (Wildman–Crippen LogP) is 5.86. The van der Waals surface area contributed by atoms with Crippen molar-refractivity contribution in [2.24, 2.45) is 0 Å². The molecule has 0 amide bonds. The van der Waals surface area contributed by atoms with Crippen LogP contribution in [0.5, 0.6) is 0 Å². The summed E-state index contributed by atoms with van der Waals surface area (Å²) < 4.78 is 1.10. The lowest BCUT2D eigenvalue weighted by atomic mass is 9.72. The third kappa shape index (κ3) is 1.73. The van der Waals surface area contributed by atoms with E-state index in [-0.39, 0.29) is 5.41 Å². The van der Waals surface area contributed by atoms with E-state index in [4.69, 9.17) is 4.98 Å². The van der Waals surface area contributed by atoms with Crippen molar-refractivity contribution in [3.8, 4) is 0 Å². The number of fused-ring (bicyclic) bond motifs is 4. The Hall–Kier alpha value is -2.13. The van der Waals surface area contributed by atoms with E-state index in [1.54, 1.807) is 0 Å². The van der Waals surface area contributed by atoms with Gasteiger partial charge in [0.1, 0.15) is 5.82 Å². The van der Waals surface area contributed by atoms with Gasteiger partial charge in [-0.25, -0.2) is 4.98 Å². The van der Waals surface area contributed by atoms with E-state index in [1.165, 1.54) is 33.6 Å². The molecule has 5 rings (SSSR count). The molecule has 2 aliphatic rings. The summed E-state index contributed by atoms with van der Waals surface area (Å²) in [4.78, 5) is 7.09. The highest BCUT2D eigenvalue weighted by Gasteiger charge is 2.40. The van der Waals surface area contributed by atoms with Gasteiger partial charge in [0, 0.05) is 22.5 Å². The predicted molar refractivity (Wildman–Crippen MR) is 102 cm³/mol. The average molecular weight is 377 g/mol. The van der Waals surface area contributed by atoms with Gasteiger partial charge in [-0.3, -0.25) is 4.90 Å². The van der Waals surface area contributed by atoms with Crippen LogP contribution in [0.4, 0.5) is 17.2 Å². The molecule has 0 bridgehead atoms. The van der Waals surface area contributed by atoms with Crippen molar-refractivity contribution in [1.82, 2.24) is 4.98 Å². The second-order valence-electron chi connectivity index (χ2n) is 7.10. The smallest absolute Gasteiger partial charge is 0.141 e. The van der Waals surface area contributed by atoms with Gasteiger partial charge in [-0.15, -0.1) is 0 Å². The third-order valence-corrected chi connectivity index (χ3v) is 5.84. The van der Waals surface area contributed by atoms with Crippen molar-refractivity contribution < 1.29 is 0 Å². The number of hydrogen-bond donors (Lipinski definition) is 0. The molecule has 1 aromatic heterocycles. The highest BCUT2D eigenvalue weighted by molar-refractivity contribution is 9.10. The van der Waals surface area contributed by atoms with Gasteiger partial charge in [0.25, 0.3) is 0 Å². The van der Waals surface area contributed by atoms with Crippen LogP contribution in [0.2, 0.25) is 0 Å². The van der Waals surface area contributed by atoms with Crippen molar-refractivity contribution >= 4 is 33.1 Å². The largest absolute Gasteiger partial charge is 0.294 e. The number of aromatic nitrogens is 1. The van der Waals surface area contributed by atoms with E-state index in [9.17, 15) is 0 Å². The number of pyridine rings is 1. The van der Waals surface area contributed by atoms with Crippen LogP contribution in [-0.4, -0.2) is 4.98 Å². The van der Waals surface area contributed by atoms with Gasteiger partial charge in [-0.2, -0.15) is 0 Å². The van der Waals surface area contributed by atoms with Gasteiger partial charge in [-0.1, -0.05) is 60.1 Å². The molecule has 118 valence electrons. The maximum Gasteiger partial charge on any atom is 0.141 e. The number of halogens is 1. The van der Waals surface area contributed by atoms with Gasteiger partial charge in [0.2, 0.25) is 0 Å². The summed E-state index contributed by atoms with van der Waals surface area (Å²) in [6.45, 7) is 4.64. The number of para-hydroxylation sites is 1. The lowest BCUT2D eigenvalue weighted by Crippen LogP contribution is -2.33. The average Bonchev–Trinajstić information content (AvgIpc) is 2.58. The van der Waals surface area contributed by atoms with Crippen molar-refractivity contribution in [3.63, 3.8) is 0 Å². The molecule has 2 nitrogen and oxygen atoms in total. The molecule has 2 aromatic carbocycles. The van der Waals surface area contributed by atoms with Crippen molar-refractivity contribution in [3.05, 3.63) is 81.5 Å². The topological polar surface area (TPSA) is 16.1 Å². The normalized spacial score (nSPS) is 16.2. The van der Waals surface area contributed by atoms with Gasteiger partial charge in [0.15, 0.2) is 0 Å². The maximum absolute atomic E-state index is 4.73. The molecule has 0 spiro atoms. The van der Waals surface area contributed by atoms with Crippen molar-refractivity contribution in [1.29, 1.82) is 0 Å². The Morgan fingerprint density at radius 2 is 1.83 bits per heavy atom. The summed E-state index contributed by atoms with van der Waals surface area (Å²) >= 11 is 3.65. The zero-order chi connectivity index (χ0) is 16.5. The van der Waals surface area contributed by atoms with E-state index >= 15 is 0 Å². The molecule has 2 aliphatic heterocycles. The maximum atomic E-state index is 4.73.